The molecule has 0 amide bonds. The minimum Gasteiger partial charge on any atom is -0.381 e. The Bertz CT molecular complexity index is 616. The molecule has 1 aromatic carbocycles. The molecule has 1 aromatic rings. The second kappa shape index (κ2) is 7.97. The molecule has 1 atom stereocenters. The number of ether oxygens (including phenoxy) is 1. The first-order valence-electron chi connectivity index (χ1n) is 8.99. The van der Waals surface area contributed by atoms with Gasteiger partial charge in [-0.25, -0.2) is 0 Å². The van der Waals surface area contributed by atoms with Crippen molar-refractivity contribution < 1.29 is 31.1 Å². The molecule has 0 bridgehead atoms. The third-order valence-electron chi connectivity index (χ3n) is 5.26. The van der Waals surface area contributed by atoms with E-state index in [-0.39, 0.29) is 11.5 Å². The Morgan fingerprint density at radius 2 is 1.59 bits per heavy atom. The number of rotatable bonds is 3. The number of benzene rings is 1. The van der Waals surface area contributed by atoms with E-state index in [1.54, 1.807) is 0 Å². The van der Waals surface area contributed by atoms with Gasteiger partial charge in [0.2, 0.25) is 0 Å². The molecule has 2 aliphatic heterocycles. The molecular weight excluding hydrogens is 374 g/mol. The van der Waals surface area contributed by atoms with Gasteiger partial charge in [0.15, 0.2) is 0 Å². The van der Waals surface area contributed by atoms with Crippen molar-refractivity contribution in [2.24, 2.45) is 5.92 Å². The standard InChI is InChI=1S/C18H22F6N2O/c19-17(20,21)13-1-2-15(18(22,23)24)14(11-13)16(12-3-9-27-10-4-12)26-7-5-25-6-8-26/h1-2,11-12,16,25H,3-10H2/t16-/m1/s1. The van der Waals surface area contributed by atoms with Crippen LogP contribution in [0.25, 0.3) is 0 Å². The Kier molecular flexibility index (Phi) is 6.02. The highest BCUT2D eigenvalue weighted by Gasteiger charge is 2.42. The van der Waals surface area contributed by atoms with Gasteiger partial charge < -0.3 is 10.1 Å². The van der Waals surface area contributed by atoms with Gasteiger partial charge in [-0.15, -0.1) is 0 Å². The van der Waals surface area contributed by atoms with Crippen molar-refractivity contribution in [2.75, 3.05) is 39.4 Å². The smallest absolute Gasteiger partial charge is 0.381 e. The highest BCUT2D eigenvalue weighted by molar-refractivity contribution is 5.38. The summed E-state index contributed by atoms with van der Waals surface area (Å²) >= 11 is 0. The number of halogens is 6. The summed E-state index contributed by atoms with van der Waals surface area (Å²) in [6, 6.07) is 1.08. The van der Waals surface area contributed by atoms with E-state index in [0.717, 1.165) is 0 Å². The predicted octanol–water partition coefficient (Wildman–Crippen LogP) is 4.10. The van der Waals surface area contributed by atoms with Crippen LogP contribution >= 0.6 is 0 Å². The minimum atomic E-state index is -4.71. The Hall–Kier alpha value is -1.32. The molecule has 2 aliphatic rings. The predicted molar refractivity (Wildman–Crippen MR) is 87.2 cm³/mol. The van der Waals surface area contributed by atoms with Crippen molar-refractivity contribution in [3.63, 3.8) is 0 Å². The Balaban J connectivity index is 2.10. The Morgan fingerprint density at radius 1 is 0.963 bits per heavy atom. The maximum absolute atomic E-state index is 13.6. The van der Waals surface area contributed by atoms with Crippen LogP contribution in [-0.2, 0) is 17.1 Å². The van der Waals surface area contributed by atoms with Gasteiger partial charge in [0, 0.05) is 45.4 Å². The number of piperazine rings is 1. The summed E-state index contributed by atoms with van der Waals surface area (Å²) in [5, 5.41) is 3.14. The molecule has 0 aromatic heterocycles. The number of nitrogens with one attached hydrogen (secondary N) is 1. The highest BCUT2D eigenvalue weighted by atomic mass is 19.4. The summed E-state index contributed by atoms with van der Waals surface area (Å²) < 4.78 is 85.9. The van der Waals surface area contributed by atoms with Crippen molar-refractivity contribution in [3.8, 4) is 0 Å². The average molecular weight is 396 g/mol. The molecule has 27 heavy (non-hydrogen) atoms. The number of hydrogen-bond donors (Lipinski definition) is 1. The molecule has 2 fully saturated rings. The van der Waals surface area contributed by atoms with E-state index in [1.165, 1.54) is 0 Å². The van der Waals surface area contributed by atoms with Crippen molar-refractivity contribution >= 4 is 0 Å². The first-order chi connectivity index (χ1) is 12.7. The molecular formula is C18H22F6N2O. The quantitative estimate of drug-likeness (QED) is 0.779. The molecule has 2 saturated heterocycles. The van der Waals surface area contributed by atoms with E-state index in [2.05, 4.69) is 5.32 Å². The second-order valence-electron chi connectivity index (χ2n) is 6.98. The molecule has 0 unspecified atom stereocenters. The summed E-state index contributed by atoms with van der Waals surface area (Å²) in [6.45, 7) is 3.01. The zero-order valence-corrected chi connectivity index (χ0v) is 14.7. The third kappa shape index (κ3) is 4.75. The number of alkyl halides is 6. The van der Waals surface area contributed by atoms with Crippen LogP contribution < -0.4 is 5.32 Å². The summed E-state index contributed by atoms with van der Waals surface area (Å²) in [6.07, 6.45) is -8.34. The van der Waals surface area contributed by atoms with Crippen LogP contribution in [0.4, 0.5) is 26.3 Å². The lowest BCUT2D eigenvalue weighted by Crippen LogP contribution is -2.48. The van der Waals surface area contributed by atoms with Crippen LogP contribution in [0.5, 0.6) is 0 Å². The average Bonchev–Trinajstić information content (AvgIpc) is 2.62. The van der Waals surface area contributed by atoms with Crippen LogP contribution in [0.3, 0.4) is 0 Å². The van der Waals surface area contributed by atoms with Gasteiger partial charge >= 0.3 is 12.4 Å². The summed E-state index contributed by atoms with van der Waals surface area (Å²) in [7, 11) is 0. The van der Waals surface area contributed by atoms with E-state index >= 15 is 0 Å². The first kappa shape index (κ1) is 20.4. The lowest BCUT2D eigenvalue weighted by molar-refractivity contribution is -0.142. The largest absolute Gasteiger partial charge is 0.416 e. The van der Waals surface area contributed by atoms with Gasteiger partial charge in [0.25, 0.3) is 0 Å². The van der Waals surface area contributed by atoms with Crippen molar-refractivity contribution in [2.45, 2.75) is 31.2 Å². The molecule has 152 valence electrons. The van der Waals surface area contributed by atoms with Gasteiger partial charge in [-0.2, -0.15) is 26.3 Å². The summed E-state index contributed by atoms with van der Waals surface area (Å²) in [5.41, 5.74) is -2.30. The maximum atomic E-state index is 13.6. The topological polar surface area (TPSA) is 24.5 Å². The van der Waals surface area contributed by atoms with Crippen LogP contribution in [0.1, 0.15) is 35.6 Å². The molecule has 3 rings (SSSR count). The fourth-order valence-corrected chi connectivity index (χ4v) is 3.98. The zero-order chi connectivity index (χ0) is 19.7. The van der Waals surface area contributed by atoms with Crippen molar-refractivity contribution in [1.82, 2.24) is 10.2 Å². The number of hydrogen-bond acceptors (Lipinski definition) is 3. The fourth-order valence-electron chi connectivity index (χ4n) is 3.98. The van der Waals surface area contributed by atoms with Crippen LogP contribution in [0.15, 0.2) is 18.2 Å². The van der Waals surface area contributed by atoms with Gasteiger partial charge in [0.1, 0.15) is 0 Å². The maximum Gasteiger partial charge on any atom is 0.416 e. The minimum absolute atomic E-state index is 0.179. The molecule has 3 nitrogen and oxygen atoms in total. The van der Waals surface area contributed by atoms with Crippen molar-refractivity contribution in [3.05, 3.63) is 34.9 Å². The molecule has 9 heteroatoms. The monoisotopic (exact) mass is 396 g/mol. The van der Waals surface area contributed by atoms with Gasteiger partial charge in [-0.1, -0.05) is 0 Å². The first-order valence-corrected chi connectivity index (χ1v) is 8.99. The highest BCUT2D eigenvalue weighted by Crippen LogP contribution is 2.44. The molecule has 0 spiro atoms. The van der Waals surface area contributed by atoms with E-state index in [9.17, 15) is 26.3 Å². The fraction of sp³-hybridized carbons (Fsp3) is 0.667. The molecule has 0 saturated carbocycles. The van der Waals surface area contributed by atoms with E-state index in [4.69, 9.17) is 4.74 Å². The van der Waals surface area contributed by atoms with E-state index < -0.39 is 29.5 Å². The van der Waals surface area contributed by atoms with Crippen molar-refractivity contribution in [1.29, 1.82) is 0 Å². The lowest BCUT2D eigenvalue weighted by Gasteiger charge is -2.42. The van der Waals surface area contributed by atoms with Crippen LogP contribution in [-0.4, -0.2) is 44.3 Å². The van der Waals surface area contributed by atoms with E-state index in [0.29, 0.717) is 70.4 Å². The lowest BCUT2D eigenvalue weighted by atomic mass is 9.82. The van der Waals surface area contributed by atoms with Gasteiger partial charge in [-0.05, 0) is 42.5 Å². The molecule has 0 radical (unpaired) electrons. The Labute approximate surface area is 153 Å². The summed E-state index contributed by atoms with van der Waals surface area (Å²) in [4.78, 5) is 1.89. The SMILES string of the molecule is FC(F)(F)c1ccc(C(F)(F)F)c([C@@H](C2CCOCC2)N2CCNCC2)c1. The Morgan fingerprint density at radius 3 is 2.15 bits per heavy atom. The summed E-state index contributed by atoms with van der Waals surface area (Å²) in [5.74, 6) is -0.179. The normalized spacial score (nSPS) is 22.0. The number of nitrogens with zero attached hydrogens (tertiary/aromatic N) is 1. The van der Waals surface area contributed by atoms with Gasteiger partial charge in [-0.3, -0.25) is 4.90 Å². The second-order valence-corrected chi connectivity index (χ2v) is 6.98. The van der Waals surface area contributed by atoms with Crippen LogP contribution in [0, 0.1) is 5.92 Å². The van der Waals surface area contributed by atoms with E-state index in [1.807, 2.05) is 4.90 Å². The third-order valence-corrected chi connectivity index (χ3v) is 5.26. The zero-order valence-electron chi connectivity index (χ0n) is 14.7. The van der Waals surface area contributed by atoms with Crippen LogP contribution in [0.2, 0.25) is 0 Å². The molecule has 0 aliphatic carbocycles. The molecule has 2 heterocycles. The van der Waals surface area contributed by atoms with Gasteiger partial charge in [0.05, 0.1) is 11.1 Å². The molecule has 1 N–H and O–H groups in total.